The van der Waals surface area contributed by atoms with E-state index in [2.05, 4.69) is 31.2 Å². The van der Waals surface area contributed by atoms with Gasteiger partial charge in [0, 0.05) is 6.04 Å². The summed E-state index contributed by atoms with van der Waals surface area (Å²) in [5, 5.41) is 0. The lowest BCUT2D eigenvalue weighted by molar-refractivity contribution is 0.305. The van der Waals surface area contributed by atoms with E-state index in [4.69, 9.17) is 10.5 Å². The molecule has 0 aromatic heterocycles. The second-order valence-corrected chi connectivity index (χ2v) is 5.58. The Kier molecular flexibility index (Phi) is 3.75. The van der Waals surface area contributed by atoms with Crippen LogP contribution in [0, 0.1) is 6.92 Å². The van der Waals surface area contributed by atoms with Crippen LogP contribution in [-0.2, 0) is 13.0 Å². The van der Waals surface area contributed by atoms with Gasteiger partial charge in [0.15, 0.2) is 0 Å². The molecule has 0 fully saturated rings. The molecule has 0 amide bonds. The van der Waals surface area contributed by atoms with E-state index in [0.717, 1.165) is 18.6 Å². The largest absolute Gasteiger partial charge is 0.489 e. The number of benzene rings is 2. The van der Waals surface area contributed by atoms with Crippen molar-refractivity contribution in [3.63, 3.8) is 0 Å². The average Bonchev–Trinajstić information content (AvgIpc) is 2.47. The van der Waals surface area contributed by atoms with Gasteiger partial charge >= 0.3 is 0 Å². The smallest absolute Gasteiger partial charge is 0.120 e. The number of hydrogen-bond donors (Lipinski definition) is 1. The topological polar surface area (TPSA) is 35.2 Å². The second kappa shape index (κ2) is 5.68. The summed E-state index contributed by atoms with van der Waals surface area (Å²) < 4.78 is 5.93. The van der Waals surface area contributed by atoms with Crippen LogP contribution in [0.5, 0.6) is 5.75 Å². The van der Waals surface area contributed by atoms with Crippen molar-refractivity contribution in [3.8, 4) is 5.75 Å². The van der Waals surface area contributed by atoms with Gasteiger partial charge in [0.25, 0.3) is 0 Å². The van der Waals surface area contributed by atoms with Gasteiger partial charge in [0.05, 0.1) is 0 Å². The highest BCUT2D eigenvalue weighted by molar-refractivity contribution is 5.44. The van der Waals surface area contributed by atoms with Crippen LogP contribution in [0.25, 0.3) is 0 Å². The fourth-order valence-corrected chi connectivity index (χ4v) is 2.96. The molecular weight excluding hydrogens is 246 g/mol. The summed E-state index contributed by atoms with van der Waals surface area (Å²) in [5.74, 6) is 0.933. The minimum Gasteiger partial charge on any atom is -0.489 e. The first-order chi connectivity index (χ1) is 9.74. The van der Waals surface area contributed by atoms with Gasteiger partial charge in [-0.1, -0.05) is 30.3 Å². The van der Waals surface area contributed by atoms with Crippen LogP contribution in [0.1, 0.15) is 41.1 Å². The van der Waals surface area contributed by atoms with Crippen molar-refractivity contribution in [2.24, 2.45) is 5.73 Å². The molecule has 1 atom stereocenters. The highest BCUT2D eigenvalue weighted by Crippen LogP contribution is 2.33. The number of ether oxygens (including phenoxy) is 1. The Bertz CT molecular complexity index is 592. The van der Waals surface area contributed by atoms with Crippen LogP contribution in [0.15, 0.2) is 42.5 Å². The predicted molar refractivity (Wildman–Crippen MR) is 81.8 cm³/mol. The molecule has 20 heavy (non-hydrogen) atoms. The molecule has 1 unspecified atom stereocenters. The molecule has 2 aromatic carbocycles. The number of fused-ring (bicyclic) bond motifs is 1. The van der Waals surface area contributed by atoms with Crippen LogP contribution in [0.3, 0.4) is 0 Å². The van der Waals surface area contributed by atoms with Crippen molar-refractivity contribution in [2.45, 2.75) is 38.8 Å². The first kappa shape index (κ1) is 13.2. The standard InChI is InChI=1S/C18H21NO/c1-13-10-15(20-12-14-6-3-2-4-7-14)11-17-16(13)8-5-9-18(17)19/h2-4,6-7,10-11,18H,5,8-9,12,19H2,1H3. The third-order valence-electron chi connectivity index (χ3n) is 4.07. The lowest BCUT2D eigenvalue weighted by Gasteiger charge is -2.24. The molecule has 1 aliphatic carbocycles. The first-order valence-electron chi connectivity index (χ1n) is 7.30. The maximum absolute atomic E-state index is 6.24. The molecule has 0 saturated heterocycles. The molecule has 2 nitrogen and oxygen atoms in total. The van der Waals surface area contributed by atoms with Gasteiger partial charge < -0.3 is 10.5 Å². The Morgan fingerprint density at radius 1 is 1.20 bits per heavy atom. The molecule has 0 heterocycles. The van der Waals surface area contributed by atoms with Gasteiger partial charge in [-0.05, 0) is 60.6 Å². The first-order valence-corrected chi connectivity index (χ1v) is 7.30. The summed E-state index contributed by atoms with van der Waals surface area (Å²) >= 11 is 0. The van der Waals surface area contributed by atoms with Gasteiger partial charge in [-0.3, -0.25) is 0 Å². The Hall–Kier alpha value is -1.80. The zero-order chi connectivity index (χ0) is 13.9. The number of hydrogen-bond acceptors (Lipinski definition) is 2. The molecule has 1 aliphatic rings. The normalized spacial score (nSPS) is 17.6. The van der Waals surface area contributed by atoms with E-state index in [1.54, 1.807) is 0 Å². The van der Waals surface area contributed by atoms with E-state index in [1.807, 2.05) is 18.2 Å². The molecule has 3 rings (SSSR count). The summed E-state index contributed by atoms with van der Waals surface area (Å²) in [5.41, 5.74) is 11.4. The Balaban J connectivity index is 1.81. The van der Waals surface area contributed by atoms with Crippen LogP contribution in [-0.4, -0.2) is 0 Å². The number of aryl methyl sites for hydroxylation is 1. The van der Waals surface area contributed by atoms with E-state index in [9.17, 15) is 0 Å². The van der Waals surface area contributed by atoms with E-state index in [0.29, 0.717) is 6.61 Å². The van der Waals surface area contributed by atoms with Crippen molar-refractivity contribution in [3.05, 3.63) is 64.7 Å². The zero-order valence-electron chi connectivity index (χ0n) is 11.9. The predicted octanol–water partition coefficient (Wildman–Crippen LogP) is 3.91. The van der Waals surface area contributed by atoms with Crippen LogP contribution in [0.2, 0.25) is 0 Å². The third-order valence-corrected chi connectivity index (χ3v) is 4.07. The highest BCUT2D eigenvalue weighted by atomic mass is 16.5. The quantitative estimate of drug-likeness (QED) is 0.915. The van der Waals surface area contributed by atoms with Crippen LogP contribution < -0.4 is 10.5 Å². The van der Waals surface area contributed by atoms with E-state index in [-0.39, 0.29) is 6.04 Å². The van der Waals surface area contributed by atoms with E-state index < -0.39 is 0 Å². The van der Waals surface area contributed by atoms with Crippen LogP contribution >= 0.6 is 0 Å². The molecular formula is C18H21NO. The highest BCUT2D eigenvalue weighted by Gasteiger charge is 2.19. The lowest BCUT2D eigenvalue weighted by Crippen LogP contribution is -2.18. The molecule has 0 saturated carbocycles. The average molecular weight is 267 g/mol. The maximum atomic E-state index is 6.24. The monoisotopic (exact) mass is 267 g/mol. The maximum Gasteiger partial charge on any atom is 0.120 e. The van der Waals surface area contributed by atoms with Crippen molar-refractivity contribution in [1.29, 1.82) is 0 Å². The van der Waals surface area contributed by atoms with Crippen molar-refractivity contribution in [1.82, 2.24) is 0 Å². The van der Waals surface area contributed by atoms with Crippen molar-refractivity contribution >= 4 is 0 Å². The fraction of sp³-hybridized carbons (Fsp3) is 0.333. The molecule has 0 aliphatic heterocycles. The molecule has 0 spiro atoms. The summed E-state index contributed by atoms with van der Waals surface area (Å²) in [6.07, 6.45) is 3.42. The number of nitrogens with two attached hydrogens (primary N) is 1. The Labute approximate surface area is 120 Å². The van der Waals surface area contributed by atoms with Gasteiger partial charge in [0.2, 0.25) is 0 Å². The number of rotatable bonds is 3. The second-order valence-electron chi connectivity index (χ2n) is 5.58. The summed E-state index contributed by atoms with van der Waals surface area (Å²) in [6, 6.07) is 14.7. The fourth-order valence-electron chi connectivity index (χ4n) is 2.96. The summed E-state index contributed by atoms with van der Waals surface area (Å²) in [7, 11) is 0. The lowest BCUT2D eigenvalue weighted by atomic mass is 9.85. The molecule has 104 valence electrons. The van der Waals surface area contributed by atoms with Crippen LogP contribution in [0.4, 0.5) is 0 Å². The minimum absolute atomic E-state index is 0.165. The summed E-state index contributed by atoms with van der Waals surface area (Å²) in [4.78, 5) is 0. The third kappa shape index (κ3) is 2.70. The van der Waals surface area contributed by atoms with E-state index >= 15 is 0 Å². The molecule has 2 heteroatoms. The van der Waals surface area contributed by atoms with Crippen molar-refractivity contribution in [2.75, 3.05) is 0 Å². The SMILES string of the molecule is Cc1cc(OCc2ccccc2)cc2c1CCCC2N. The van der Waals surface area contributed by atoms with Gasteiger partial charge in [0.1, 0.15) is 12.4 Å². The summed E-state index contributed by atoms with van der Waals surface area (Å²) in [6.45, 7) is 2.76. The van der Waals surface area contributed by atoms with E-state index in [1.165, 1.54) is 28.7 Å². The Morgan fingerprint density at radius 3 is 2.80 bits per heavy atom. The van der Waals surface area contributed by atoms with Crippen molar-refractivity contribution < 1.29 is 4.74 Å². The Morgan fingerprint density at radius 2 is 2.00 bits per heavy atom. The minimum atomic E-state index is 0.165. The molecule has 2 aromatic rings. The zero-order valence-corrected chi connectivity index (χ0v) is 11.9. The molecule has 0 radical (unpaired) electrons. The van der Waals surface area contributed by atoms with Gasteiger partial charge in [-0.25, -0.2) is 0 Å². The molecule has 0 bridgehead atoms. The molecule has 2 N–H and O–H groups in total. The van der Waals surface area contributed by atoms with Gasteiger partial charge in [-0.2, -0.15) is 0 Å². The van der Waals surface area contributed by atoms with Gasteiger partial charge in [-0.15, -0.1) is 0 Å².